The Morgan fingerprint density at radius 1 is 1.17 bits per heavy atom. The van der Waals surface area contributed by atoms with E-state index in [1.165, 1.54) is 29.1 Å². The summed E-state index contributed by atoms with van der Waals surface area (Å²) in [6.07, 6.45) is 2.53. The Morgan fingerprint density at radius 2 is 1.87 bits per heavy atom. The fourth-order valence-electron chi connectivity index (χ4n) is 2.63. The predicted molar refractivity (Wildman–Crippen MR) is 120 cm³/mol. The predicted octanol–water partition coefficient (Wildman–Crippen LogP) is 3.28. The van der Waals surface area contributed by atoms with Crippen molar-refractivity contribution in [2.45, 2.75) is 24.8 Å². The lowest BCUT2D eigenvalue weighted by Gasteiger charge is -2.15. The van der Waals surface area contributed by atoms with Gasteiger partial charge in [0.15, 0.2) is 21.5 Å². The molecule has 30 heavy (non-hydrogen) atoms. The molecule has 0 bridgehead atoms. The highest BCUT2D eigenvalue weighted by Crippen LogP contribution is 2.21. The van der Waals surface area contributed by atoms with Crippen LogP contribution in [0.4, 0.5) is 0 Å². The van der Waals surface area contributed by atoms with Crippen LogP contribution in [0.3, 0.4) is 0 Å². The number of nitrogens with zero attached hydrogens (tertiary/aromatic N) is 4. The van der Waals surface area contributed by atoms with E-state index in [0.717, 1.165) is 6.26 Å². The molecule has 2 aromatic heterocycles. The second kappa shape index (κ2) is 9.34. The number of aromatic nitrogens is 4. The second-order valence-electron chi connectivity index (χ2n) is 6.41. The molecule has 0 saturated carbocycles. The minimum Gasteiger partial charge on any atom is -0.342 e. The van der Waals surface area contributed by atoms with E-state index in [0.29, 0.717) is 22.5 Å². The Hall–Kier alpha value is -2.14. The molecule has 1 N–H and O–H groups in total. The van der Waals surface area contributed by atoms with E-state index < -0.39 is 21.8 Å². The Balaban J connectivity index is 0.00000320. The highest BCUT2D eigenvalue weighted by atomic mass is 35.5. The Bertz CT molecular complexity index is 1180. The number of carbonyl (C=O) groups is 1. The van der Waals surface area contributed by atoms with E-state index in [-0.39, 0.29) is 29.0 Å². The molecule has 0 radical (unpaired) electrons. The SMILES string of the molecule is Cc1nc([C@@H](C)NC(=O)c2cc(Cl)cc(S(C)(=O)=O)c2)n(-c2ccc(Cl)cn2)n1.S. The molecular formula is C18H19Cl2N5O3S2. The third-order valence-corrected chi connectivity index (χ3v) is 5.50. The lowest BCUT2D eigenvalue weighted by Crippen LogP contribution is -2.29. The number of hydrogen-bond donors (Lipinski definition) is 1. The first-order valence-corrected chi connectivity index (χ1v) is 11.1. The van der Waals surface area contributed by atoms with Gasteiger partial charge in [-0.15, -0.1) is 5.10 Å². The van der Waals surface area contributed by atoms with Crippen LogP contribution in [0.2, 0.25) is 10.0 Å². The van der Waals surface area contributed by atoms with Gasteiger partial charge in [0.05, 0.1) is 16.0 Å². The number of halogens is 2. The van der Waals surface area contributed by atoms with Gasteiger partial charge in [0, 0.05) is 23.0 Å². The third-order valence-electron chi connectivity index (χ3n) is 3.96. The first-order chi connectivity index (χ1) is 13.5. The van der Waals surface area contributed by atoms with Gasteiger partial charge in [-0.3, -0.25) is 4.79 Å². The number of pyridine rings is 1. The maximum absolute atomic E-state index is 12.7. The third kappa shape index (κ3) is 5.51. The minimum absolute atomic E-state index is 0. The molecule has 1 aromatic carbocycles. The summed E-state index contributed by atoms with van der Waals surface area (Å²) >= 11 is 11.9. The summed E-state index contributed by atoms with van der Waals surface area (Å²) in [5.41, 5.74) is 0.122. The van der Waals surface area contributed by atoms with Gasteiger partial charge >= 0.3 is 0 Å². The monoisotopic (exact) mass is 487 g/mol. The molecule has 3 aromatic rings. The number of rotatable bonds is 5. The van der Waals surface area contributed by atoms with E-state index >= 15 is 0 Å². The number of sulfone groups is 1. The van der Waals surface area contributed by atoms with Gasteiger partial charge in [-0.05, 0) is 44.2 Å². The highest BCUT2D eigenvalue weighted by Gasteiger charge is 2.21. The fraction of sp³-hybridized carbons (Fsp3) is 0.222. The van der Waals surface area contributed by atoms with Crippen molar-refractivity contribution >= 4 is 52.4 Å². The second-order valence-corrected chi connectivity index (χ2v) is 9.30. The van der Waals surface area contributed by atoms with Crippen LogP contribution in [0.25, 0.3) is 5.82 Å². The standard InChI is InChI=1S/C18H17Cl2N5O3S.H2S/c1-10(17-23-11(2)24-25(17)16-5-4-13(19)9-21-16)22-18(26)12-6-14(20)8-15(7-12)29(3,27)28;/h4-10H,1-3H3,(H,22,26);1H2/t10-;/m1./s1. The van der Waals surface area contributed by atoms with Crippen LogP contribution in [-0.2, 0) is 9.84 Å². The van der Waals surface area contributed by atoms with Crippen LogP contribution in [0.1, 0.15) is 35.0 Å². The zero-order valence-corrected chi connectivity index (χ0v) is 19.5. The average Bonchev–Trinajstić information content (AvgIpc) is 3.03. The van der Waals surface area contributed by atoms with Crippen molar-refractivity contribution in [2.75, 3.05) is 6.26 Å². The molecule has 0 spiro atoms. The van der Waals surface area contributed by atoms with E-state index in [9.17, 15) is 13.2 Å². The van der Waals surface area contributed by atoms with Gasteiger partial charge in [-0.1, -0.05) is 23.2 Å². The topological polar surface area (TPSA) is 107 Å². The molecule has 0 aliphatic carbocycles. The van der Waals surface area contributed by atoms with Crippen molar-refractivity contribution in [2.24, 2.45) is 0 Å². The van der Waals surface area contributed by atoms with E-state index in [1.807, 2.05) is 0 Å². The molecule has 0 fully saturated rings. The zero-order valence-electron chi connectivity index (χ0n) is 16.2. The van der Waals surface area contributed by atoms with Crippen molar-refractivity contribution in [1.29, 1.82) is 0 Å². The Morgan fingerprint density at radius 3 is 2.47 bits per heavy atom. The summed E-state index contributed by atoms with van der Waals surface area (Å²) in [5.74, 6) is 0.949. The highest BCUT2D eigenvalue weighted by molar-refractivity contribution is 7.90. The van der Waals surface area contributed by atoms with Crippen LogP contribution in [0, 0.1) is 6.92 Å². The molecule has 0 aliphatic heterocycles. The summed E-state index contributed by atoms with van der Waals surface area (Å²) in [7, 11) is -3.51. The maximum atomic E-state index is 12.7. The van der Waals surface area contributed by atoms with Gasteiger partial charge in [0.1, 0.15) is 5.82 Å². The number of amides is 1. The van der Waals surface area contributed by atoms with Gasteiger partial charge in [-0.25, -0.2) is 18.4 Å². The number of carbonyl (C=O) groups excluding carboxylic acids is 1. The molecule has 12 heteroatoms. The molecule has 0 unspecified atom stereocenters. The molecule has 1 atom stereocenters. The van der Waals surface area contributed by atoms with Crippen LogP contribution in [-0.4, -0.2) is 40.3 Å². The van der Waals surface area contributed by atoms with E-state index in [1.54, 1.807) is 26.0 Å². The Kier molecular flexibility index (Phi) is 7.51. The molecule has 8 nitrogen and oxygen atoms in total. The summed E-state index contributed by atoms with van der Waals surface area (Å²) in [6.45, 7) is 3.45. The first kappa shape index (κ1) is 24.1. The van der Waals surface area contributed by atoms with Crippen molar-refractivity contribution in [3.05, 3.63) is 63.8 Å². The molecule has 2 heterocycles. The summed E-state index contributed by atoms with van der Waals surface area (Å²) in [4.78, 5) is 21.3. The number of aryl methyl sites for hydroxylation is 1. The number of hydrogen-bond acceptors (Lipinski definition) is 6. The average molecular weight is 488 g/mol. The lowest BCUT2D eigenvalue weighted by molar-refractivity contribution is 0.0937. The van der Waals surface area contributed by atoms with Crippen molar-refractivity contribution in [3.8, 4) is 5.82 Å². The van der Waals surface area contributed by atoms with E-state index in [2.05, 4.69) is 20.4 Å². The van der Waals surface area contributed by atoms with Gasteiger partial charge in [0.25, 0.3) is 5.91 Å². The summed E-state index contributed by atoms with van der Waals surface area (Å²) < 4.78 is 25.1. The van der Waals surface area contributed by atoms with Crippen molar-refractivity contribution in [3.63, 3.8) is 0 Å². The van der Waals surface area contributed by atoms with Crippen LogP contribution in [0.15, 0.2) is 41.4 Å². The van der Waals surface area contributed by atoms with Crippen LogP contribution in [0.5, 0.6) is 0 Å². The maximum Gasteiger partial charge on any atom is 0.251 e. The van der Waals surface area contributed by atoms with Crippen LogP contribution >= 0.6 is 36.7 Å². The van der Waals surface area contributed by atoms with Crippen molar-refractivity contribution in [1.82, 2.24) is 25.1 Å². The zero-order chi connectivity index (χ0) is 21.3. The van der Waals surface area contributed by atoms with Gasteiger partial charge in [0.2, 0.25) is 0 Å². The largest absolute Gasteiger partial charge is 0.342 e. The Labute approximate surface area is 191 Å². The van der Waals surface area contributed by atoms with Gasteiger partial charge in [-0.2, -0.15) is 18.2 Å². The van der Waals surface area contributed by atoms with E-state index in [4.69, 9.17) is 23.2 Å². The fourth-order valence-corrected chi connectivity index (χ4v) is 3.72. The summed E-state index contributed by atoms with van der Waals surface area (Å²) in [5, 5.41) is 7.73. The molecular weight excluding hydrogens is 469 g/mol. The quantitative estimate of drug-likeness (QED) is 0.591. The number of benzene rings is 1. The number of nitrogens with one attached hydrogen (secondary N) is 1. The minimum atomic E-state index is -3.51. The molecule has 3 rings (SSSR count). The first-order valence-electron chi connectivity index (χ1n) is 8.41. The molecule has 0 saturated heterocycles. The molecule has 0 aliphatic rings. The molecule has 160 valence electrons. The smallest absolute Gasteiger partial charge is 0.251 e. The van der Waals surface area contributed by atoms with Crippen molar-refractivity contribution < 1.29 is 13.2 Å². The molecule has 1 amide bonds. The summed E-state index contributed by atoms with van der Waals surface area (Å²) in [6, 6.07) is 6.77. The normalized spacial score (nSPS) is 12.2. The van der Waals surface area contributed by atoms with Crippen LogP contribution < -0.4 is 5.32 Å². The van der Waals surface area contributed by atoms with Gasteiger partial charge < -0.3 is 5.32 Å². The lowest BCUT2D eigenvalue weighted by atomic mass is 10.2.